The molecule has 1 aromatic heterocycles. The number of amides is 3. The van der Waals surface area contributed by atoms with Crippen molar-refractivity contribution in [1.29, 1.82) is 0 Å². The topological polar surface area (TPSA) is 207 Å². The summed E-state index contributed by atoms with van der Waals surface area (Å²) in [5, 5.41) is 38.0. The number of H-pyrrole nitrogens is 1. The van der Waals surface area contributed by atoms with Crippen LogP contribution in [0.2, 0.25) is 0 Å². The van der Waals surface area contributed by atoms with Crippen molar-refractivity contribution in [1.82, 2.24) is 20.9 Å². The van der Waals surface area contributed by atoms with Gasteiger partial charge < -0.3 is 42.0 Å². The molecular weight excluding hydrogens is 566 g/mol. The maximum absolute atomic E-state index is 13.6. The minimum absolute atomic E-state index is 0.0102. The third-order valence-electron chi connectivity index (χ3n) is 7.15. The molecule has 4 atom stereocenters. The summed E-state index contributed by atoms with van der Waals surface area (Å²) in [6.07, 6.45) is 1.66. The third-order valence-corrected chi connectivity index (χ3v) is 7.15. The molecule has 0 saturated carbocycles. The monoisotopic (exact) mass is 601 g/mol. The molecule has 12 nitrogen and oxygen atoms in total. The Morgan fingerprint density at radius 1 is 0.705 bits per heavy atom. The number of carboxylic acid groups (broad SMARTS) is 1. The lowest BCUT2D eigenvalue weighted by Crippen LogP contribution is -2.58. The molecule has 0 bridgehead atoms. The number of para-hydroxylation sites is 1. The smallest absolute Gasteiger partial charge is 0.326 e. The number of aromatic hydroxyl groups is 2. The molecule has 230 valence electrons. The minimum atomic E-state index is -1.31. The quantitative estimate of drug-likeness (QED) is 0.112. The van der Waals surface area contributed by atoms with E-state index in [4.69, 9.17) is 5.73 Å². The van der Waals surface area contributed by atoms with E-state index in [1.807, 2.05) is 24.3 Å². The van der Waals surface area contributed by atoms with Crippen LogP contribution in [0.4, 0.5) is 0 Å². The molecule has 9 N–H and O–H groups in total. The normalized spacial score (nSPS) is 13.8. The van der Waals surface area contributed by atoms with Crippen molar-refractivity contribution in [3.63, 3.8) is 0 Å². The number of nitrogens with one attached hydrogen (secondary N) is 4. The number of benzene rings is 3. The molecule has 1 heterocycles. The third kappa shape index (κ3) is 8.35. The summed E-state index contributed by atoms with van der Waals surface area (Å²) < 4.78 is 0. The van der Waals surface area contributed by atoms with Gasteiger partial charge >= 0.3 is 5.97 Å². The van der Waals surface area contributed by atoms with Gasteiger partial charge in [0.2, 0.25) is 17.7 Å². The number of hydrogen-bond donors (Lipinski definition) is 8. The predicted octanol–water partition coefficient (Wildman–Crippen LogP) is 1.49. The van der Waals surface area contributed by atoms with E-state index >= 15 is 0 Å². The number of aliphatic carboxylic acids is 1. The number of nitrogens with two attached hydrogens (primary N) is 1. The van der Waals surface area contributed by atoms with E-state index in [2.05, 4.69) is 20.9 Å². The number of carboxylic acids is 1. The average molecular weight is 602 g/mol. The zero-order valence-electron chi connectivity index (χ0n) is 24.0. The van der Waals surface area contributed by atoms with E-state index in [9.17, 15) is 34.5 Å². The fraction of sp³-hybridized carbons (Fsp3) is 0.250. The van der Waals surface area contributed by atoms with Gasteiger partial charge in [0.25, 0.3) is 0 Å². The van der Waals surface area contributed by atoms with Crippen LogP contribution in [-0.2, 0) is 38.4 Å². The summed E-state index contributed by atoms with van der Waals surface area (Å²) in [6, 6.07) is 14.9. The molecule has 4 rings (SSSR count). The zero-order chi connectivity index (χ0) is 31.8. The zero-order valence-corrected chi connectivity index (χ0v) is 24.0. The number of aromatic amines is 1. The standard InChI is InChI=1S/C32H35N5O7/c1-18(33)29(40)35-26(14-19-6-10-22(38)11-7-19)30(41)36-27(15-20-8-12-23(39)13-9-20)31(42)37-28(32(43)44)16-21-17-34-25-5-3-2-4-24(21)25/h2-13,17-18,26-28,34,38-39H,14-16,33H2,1H3,(H,35,40)(H,36,41)(H,37,42)(H,43,44). The van der Waals surface area contributed by atoms with Crippen molar-refractivity contribution in [2.45, 2.75) is 50.4 Å². The summed E-state index contributed by atoms with van der Waals surface area (Å²) in [4.78, 5) is 55.0. The number of phenolic OH excluding ortho intramolecular Hbond substituents is 2. The van der Waals surface area contributed by atoms with Gasteiger partial charge in [0.1, 0.15) is 29.6 Å². The molecule has 0 saturated heterocycles. The van der Waals surface area contributed by atoms with Gasteiger partial charge in [0, 0.05) is 36.4 Å². The summed E-state index contributed by atoms with van der Waals surface area (Å²) in [7, 11) is 0. The second-order valence-electron chi connectivity index (χ2n) is 10.6. The number of aromatic nitrogens is 1. The first-order valence-electron chi connectivity index (χ1n) is 14.0. The van der Waals surface area contributed by atoms with Gasteiger partial charge in [0.15, 0.2) is 0 Å². The minimum Gasteiger partial charge on any atom is -0.508 e. The fourth-order valence-corrected chi connectivity index (χ4v) is 4.72. The van der Waals surface area contributed by atoms with Crippen LogP contribution in [0.1, 0.15) is 23.6 Å². The number of hydrogen-bond acceptors (Lipinski definition) is 7. The van der Waals surface area contributed by atoms with Crippen LogP contribution < -0.4 is 21.7 Å². The molecule has 4 aromatic rings. The lowest BCUT2D eigenvalue weighted by Gasteiger charge is -2.25. The lowest BCUT2D eigenvalue weighted by atomic mass is 10.0. The highest BCUT2D eigenvalue weighted by Gasteiger charge is 2.31. The first-order chi connectivity index (χ1) is 21.0. The molecule has 0 spiro atoms. The Morgan fingerprint density at radius 2 is 1.18 bits per heavy atom. The molecule has 44 heavy (non-hydrogen) atoms. The Kier molecular flexibility index (Phi) is 10.2. The molecule has 0 fully saturated rings. The highest BCUT2D eigenvalue weighted by Crippen LogP contribution is 2.20. The molecule has 3 amide bonds. The summed E-state index contributed by atoms with van der Waals surface area (Å²) in [6.45, 7) is 1.46. The fourth-order valence-electron chi connectivity index (χ4n) is 4.72. The van der Waals surface area contributed by atoms with Crippen LogP contribution in [-0.4, -0.2) is 68.2 Å². The Labute approximate surface area is 253 Å². The molecule has 4 unspecified atom stereocenters. The number of carbonyl (C=O) groups excluding carboxylic acids is 3. The van der Waals surface area contributed by atoms with Gasteiger partial charge in [-0.25, -0.2) is 4.79 Å². The molecule has 0 aliphatic heterocycles. The van der Waals surface area contributed by atoms with Crippen LogP contribution in [0, 0.1) is 0 Å². The molecule has 0 aliphatic carbocycles. The van der Waals surface area contributed by atoms with Crippen molar-refractivity contribution < 1.29 is 34.5 Å². The van der Waals surface area contributed by atoms with E-state index in [0.717, 1.165) is 10.9 Å². The van der Waals surface area contributed by atoms with Crippen molar-refractivity contribution in [2.75, 3.05) is 0 Å². The van der Waals surface area contributed by atoms with E-state index < -0.39 is 47.9 Å². The number of rotatable bonds is 13. The van der Waals surface area contributed by atoms with E-state index in [1.165, 1.54) is 31.2 Å². The highest BCUT2D eigenvalue weighted by atomic mass is 16.4. The van der Waals surface area contributed by atoms with Gasteiger partial charge in [0.05, 0.1) is 6.04 Å². The van der Waals surface area contributed by atoms with Gasteiger partial charge in [-0.15, -0.1) is 0 Å². The first-order valence-corrected chi connectivity index (χ1v) is 14.0. The van der Waals surface area contributed by atoms with Gasteiger partial charge in [-0.05, 0) is 53.9 Å². The summed E-state index contributed by atoms with van der Waals surface area (Å²) in [5.41, 5.74) is 8.44. The number of carbonyl (C=O) groups is 4. The first kappa shape index (κ1) is 31.6. The Bertz CT molecular complexity index is 1620. The van der Waals surface area contributed by atoms with Crippen molar-refractivity contribution >= 4 is 34.6 Å². The summed E-state index contributed by atoms with van der Waals surface area (Å²) >= 11 is 0. The Hall–Kier alpha value is -5.36. The molecule has 12 heteroatoms. The predicted molar refractivity (Wildman–Crippen MR) is 163 cm³/mol. The van der Waals surface area contributed by atoms with Gasteiger partial charge in [-0.2, -0.15) is 0 Å². The van der Waals surface area contributed by atoms with Crippen molar-refractivity contribution in [2.24, 2.45) is 5.73 Å². The SMILES string of the molecule is CC(N)C(=O)NC(Cc1ccc(O)cc1)C(=O)NC(Cc1ccc(O)cc1)C(=O)NC(Cc1c[nH]c2ccccc12)C(=O)O. The van der Waals surface area contributed by atoms with Crippen LogP contribution in [0.5, 0.6) is 11.5 Å². The maximum atomic E-state index is 13.6. The van der Waals surface area contributed by atoms with E-state index in [-0.39, 0.29) is 30.8 Å². The second kappa shape index (κ2) is 14.2. The maximum Gasteiger partial charge on any atom is 0.326 e. The van der Waals surface area contributed by atoms with Gasteiger partial charge in [-0.1, -0.05) is 42.5 Å². The molecular formula is C32H35N5O7. The van der Waals surface area contributed by atoms with Gasteiger partial charge in [-0.3, -0.25) is 14.4 Å². The molecule has 3 aromatic carbocycles. The van der Waals surface area contributed by atoms with Crippen LogP contribution in [0.15, 0.2) is 79.0 Å². The second-order valence-corrected chi connectivity index (χ2v) is 10.6. The Balaban J connectivity index is 1.57. The van der Waals surface area contributed by atoms with Crippen LogP contribution >= 0.6 is 0 Å². The summed E-state index contributed by atoms with van der Waals surface area (Å²) in [5.74, 6) is -3.26. The largest absolute Gasteiger partial charge is 0.508 e. The molecule has 0 aliphatic rings. The number of phenols is 2. The van der Waals surface area contributed by atoms with Crippen LogP contribution in [0.25, 0.3) is 10.9 Å². The Morgan fingerprint density at radius 3 is 1.68 bits per heavy atom. The lowest BCUT2D eigenvalue weighted by molar-refractivity contribution is -0.142. The van der Waals surface area contributed by atoms with E-state index in [1.54, 1.807) is 30.5 Å². The van der Waals surface area contributed by atoms with Crippen molar-refractivity contribution in [3.05, 3.63) is 95.7 Å². The average Bonchev–Trinajstić information content (AvgIpc) is 3.40. The van der Waals surface area contributed by atoms with Crippen molar-refractivity contribution in [3.8, 4) is 11.5 Å². The number of fused-ring (bicyclic) bond motifs is 1. The highest BCUT2D eigenvalue weighted by molar-refractivity contribution is 5.94. The molecule has 0 radical (unpaired) electrons. The van der Waals surface area contributed by atoms with E-state index in [0.29, 0.717) is 16.7 Å². The van der Waals surface area contributed by atoms with Crippen LogP contribution in [0.3, 0.4) is 0 Å².